The fourth-order valence-corrected chi connectivity index (χ4v) is 7.24. The quantitative estimate of drug-likeness (QED) is 0.188. The Balaban J connectivity index is 1.05. The minimum absolute atomic E-state index is 0.239. The van der Waals surface area contributed by atoms with Crippen LogP contribution in [0, 0.1) is 0 Å². The third-order valence-electron chi connectivity index (χ3n) is 9.73. The molecule has 0 fully saturated rings. The molecule has 5 heteroatoms. The molecule has 240 valence electrons. The number of hydrogen-bond donors (Lipinski definition) is 1. The number of aliphatic imine (C=N–C) groups is 2. The molecule has 0 bridgehead atoms. The molecule has 1 aliphatic rings. The maximum Gasteiger partial charge on any atom is 0.159 e. The second-order valence-corrected chi connectivity index (χ2v) is 12.8. The zero-order chi connectivity index (χ0) is 33.7. The summed E-state index contributed by atoms with van der Waals surface area (Å²) in [7, 11) is 0. The average Bonchev–Trinajstić information content (AvgIpc) is 3.59. The van der Waals surface area contributed by atoms with Gasteiger partial charge in [-0.1, -0.05) is 140 Å². The summed E-state index contributed by atoms with van der Waals surface area (Å²) in [5.41, 5.74) is 10.0. The van der Waals surface area contributed by atoms with Crippen molar-refractivity contribution in [2.75, 3.05) is 0 Å². The highest BCUT2D eigenvalue weighted by Crippen LogP contribution is 2.42. The van der Waals surface area contributed by atoms with Gasteiger partial charge in [-0.2, -0.15) is 0 Å². The number of rotatable bonds is 5. The summed E-state index contributed by atoms with van der Waals surface area (Å²) in [4.78, 5) is 15.1. The van der Waals surface area contributed by atoms with Crippen molar-refractivity contribution < 1.29 is 4.42 Å². The largest absolute Gasteiger partial charge is 0.456 e. The first kappa shape index (κ1) is 29.1. The normalized spacial score (nSPS) is 14.5. The number of fused-ring (bicyclic) bond motifs is 7. The summed E-state index contributed by atoms with van der Waals surface area (Å²) in [5, 5.41) is 9.18. The molecule has 0 aliphatic carbocycles. The van der Waals surface area contributed by atoms with Gasteiger partial charge in [0.1, 0.15) is 23.2 Å². The molecule has 10 rings (SSSR count). The minimum atomic E-state index is -0.239. The maximum absolute atomic E-state index is 6.58. The van der Waals surface area contributed by atoms with Gasteiger partial charge in [0.05, 0.1) is 11.2 Å². The van der Waals surface area contributed by atoms with Gasteiger partial charge >= 0.3 is 0 Å². The van der Waals surface area contributed by atoms with Crippen LogP contribution < -0.4 is 5.32 Å². The third kappa shape index (κ3) is 5.06. The van der Waals surface area contributed by atoms with Crippen molar-refractivity contribution in [3.63, 3.8) is 0 Å². The zero-order valence-electron chi connectivity index (χ0n) is 27.5. The van der Waals surface area contributed by atoms with Crippen LogP contribution in [0.25, 0.3) is 66.0 Å². The number of para-hydroxylation sites is 1. The van der Waals surface area contributed by atoms with Crippen LogP contribution in [-0.4, -0.2) is 16.7 Å². The van der Waals surface area contributed by atoms with Crippen molar-refractivity contribution >= 4 is 55.3 Å². The van der Waals surface area contributed by atoms with E-state index in [0.717, 1.165) is 83.1 Å². The van der Waals surface area contributed by atoms with Crippen molar-refractivity contribution in [1.82, 2.24) is 10.3 Å². The molecular formula is C46H30N4O. The molecule has 0 amide bonds. The fourth-order valence-electron chi connectivity index (χ4n) is 7.24. The number of furan rings is 1. The Labute approximate surface area is 294 Å². The summed E-state index contributed by atoms with van der Waals surface area (Å²) in [6.45, 7) is 0. The van der Waals surface area contributed by atoms with Crippen molar-refractivity contribution in [2.24, 2.45) is 9.98 Å². The molecule has 5 nitrogen and oxygen atoms in total. The number of hydrogen-bond acceptors (Lipinski definition) is 5. The van der Waals surface area contributed by atoms with E-state index in [4.69, 9.17) is 19.4 Å². The van der Waals surface area contributed by atoms with Gasteiger partial charge in [0.2, 0.25) is 0 Å². The van der Waals surface area contributed by atoms with Gasteiger partial charge in [0.25, 0.3) is 0 Å². The molecular weight excluding hydrogens is 625 g/mol. The number of pyridine rings is 1. The summed E-state index contributed by atoms with van der Waals surface area (Å²) < 4.78 is 6.58. The highest BCUT2D eigenvalue weighted by atomic mass is 16.3. The molecule has 3 heterocycles. The van der Waals surface area contributed by atoms with E-state index in [0.29, 0.717) is 5.84 Å². The first-order valence-corrected chi connectivity index (χ1v) is 17.1. The predicted octanol–water partition coefficient (Wildman–Crippen LogP) is 11.1. The Morgan fingerprint density at radius 3 is 1.90 bits per heavy atom. The molecule has 0 saturated heterocycles. The number of benzene rings is 7. The molecule has 7 aromatic carbocycles. The minimum Gasteiger partial charge on any atom is -0.456 e. The molecule has 51 heavy (non-hydrogen) atoms. The highest BCUT2D eigenvalue weighted by molar-refractivity contribution is 6.28. The van der Waals surface area contributed by atoms with E-state index in [9.17, 15) is 0 Å². The lowest BCUT2D eigenvalue weighted by molar-refractivity contribution is 0.669. The van der Waals surface area contributed by atoms with Crippen molar-refractivity contribution in [1.29, 1.82) is 0 Å². The van der Waals surface area contributed by atoms with Gasteiger partial charge in [-0.05, 0) is 47.0 Å². The van der Waals surface area contributed by atoms with Crippen LogP contribution in [0.5, 0.6) is 0 Å². The van der Waals surface area contributed by atoms with E-state index in [1.165, 1.54) is 5.39 Å². The summed E-state index contributed by atoms with van der Waals surface area (Å²) >= 11 is 0. The second-order valence-electron chi connectivity index (χ2n) is 12.8. The van der Waals surface area contributed by atoms with E-state index < -0.39 is 0 Å². The van der Waals surface area contributed by atoms with Gasteiger partial charge in [0.15, 0.2) is 5.84 Å². The lowest BCUT2D eigenvalue weighted by atomic mass is 9.95. The van der Waals surface area contributed by atoms with Gasteiger partial charge < -0.3 is 9.73 Å². The summed E-state index contributed by atoms with van der Waals surface area (Å²) in [6.07, 6.45) is -0.239. The maximum atomic E-state index is 6.58. The van der Waals surface area contributed by atoms with E-state index in [1.807, 2.05) is 42.5 Å². The van der Waals surface area contributed by atoms with Gasteiger partial charge in [-0.15, -0.1) is 0 Å². The Bertz CT molecular complexity index is 2800. The lowest BCUT2D eigenvalue weighted by Gasteiger charge is -2.23. The number of aromatic nitrogens is 1. The van der Waals surface area contributed by atoms with E-state index >= 15 is 0 Å². The first-order valence-electron chi connectivity index (χ1n) is 17.1. The molecule has 0 spiro atoms. The van der Waals surface area contributed by atoms with E-state index in [1.54, 1.807) is 0 Å². The molecule has 9 aromatic rings. The van der Waals surface area contributed by atoms with Crippen LogP contribution in [0.3, 0.4) is 0 Å². The number of nitrogens with zero attached hydrogens (tertiary/aromatic N) is 3. The standard InChI is InChI=1S/C46H30N4O/c1-4-12-30(13-5-1)43-37-26-27-39-42(41(37)35-18-10-11-19-38(35)47-43)36-25-24-34(28-40(36)51-39)29-20-22-33(23-21-29)46-49-44(31-14-6-2-7-15-31)48-45(50-46)32-16-8-3-9-17-32/h1-28,44H,(H,48,49,50). The highest BCUT2D eigenvalue weighted by Gasteiger charge is 2.21. The Hall–Kier alpha value is -6.85. The zero-order valence-corrected chi connectivity index (χ0v) is 27.5. The van der Waals surface area contributed by atoms with Crippen LogP contribution in [0.4, 0.5) is 0 Å². The lowest BCUT2D eigenvalue weighted by Crippen LogP contribution is -2.33. The molecule has 1 unspecified atom stereocenters. The molecule has 1 aliphatic heterocycles. The van der Waals surface area contributed by atoms with Crippen molar-refractivity contribution in [3.8, 4) is 22.4 Å². The molecule has 1 N–H and O–H groups in total. The topological polar surface area (TPSA) is 62.8 Å². The molecule has 0 saturated carbocycles. The average molecular weight is 655 g/mol. The van der Waals surface area contributed by atoms with Crippen LogP contribution >= 0.6 is 0 Å². The SMILES string of the molecule is c1ccc(C2=NC(c3ccccc3)NC(c3ccc(-c4ccc5c(c4)oc4ccc6c(-c7ccccc7)nc7ccccc7c6c45)cc3)=N2)cc1. The van der Waals surface area contributed by atoms with Crippen LogP contribution in [0.2, 0.25) is 0 Å². The van der Waals surface area contributed by atoms with Crippen molar-refractivity contribution in [2.45, 2.75) is 6.17 Å². The first-order chi connectivity index (χ1) is 25.3. The smallest absolute Gasteiger partial charge is 0.159 e. The monoisotopic (exact) mass is 654 g/mol. The number of nitrogens with one attached hydrogen (secondary N) is 1. The molecule has 0 radical (unpaired) electrons. The molecule has 2 aromatic heterocycles. The van der Waals surface area contributed by atoms with Crippen LogP contribution in [0.15, 0.2) is 184 Å². The summed E-state index contributed by atoms with van der Waals surface area (Å²) in [6, 6.07) is 58.6. The third-order valence-corrected chi connectivity index (χ3v) is 9.73. The molecule has 1 atom stereocenters. The van der Waals surface area contributed by atoms with Crippen molar-refractivity contribution in [3.05, 3.63) is 187 Å². The Morgan fingerprint density at radius 1 is 0.471 bits per heavy atom. The Kier molecular flexibility index (Phi) is 6.81. The van der Waals surface area contributed by atoms with Gasteiger partial charge in [0, 0.05) is 43.6 Å². The summed E-state index contributed by atoms with van der Waals surface area (Å²) in [5.74, 6) is 1.50. The number of amidine groups is 2. The van der Waals surface area contributed by atoms with E-state index in [2.05, 4.69) is 133 Å². The Morgan fingerprint density at radius 2 is 1.12 bits per heavy atom. The predicted molar refractivity (Wildman–Crippen MR) is 209 cm³/mol. The fraction of sp³-hybridized carbons (Fsp3) is 0.0217. The van der Waals surface area contributed by atoms with Gasteiger partial charge in [-0.3, -0.25) is 0 Å². The van der Waals surface area contributed by atoms with Crippen LogP contribution in [-0.2, 0) is 0 Å². The second kappa shape index (κ2) is 11.9. The van der Waals surface area contributed by atoms with Crippen LogP contribution in [0.1, 0.15) is 22.9 Å². The van der Waals surface area contributed by atoms with E-state index in [-0.39, 0.29) is 6.17 Å². The van der Waals surface area contributed by atoms with Gasteiger partial charge in [-0.25, -0.2) is 15.0 Å².